The van der Waals surface area contributed by atoms with Gasteiger partial charge < -0.3 is 19.1 Å². The number of Topliss-reactive ketones (excluding diaryl/α,β-unsaturated/α-hetero) is 1. The fraction of sp³-hybridized carbons (Fsp3) is 0.233. The third kappa shape index (κ3) is 4.99. The number of rotatable bonds is 8. The van der Waals surface area contributed by atoms with Crippen molar-refractivity contribution in [3.63, 3.8) is 0 Å². The Morgan fingerprint density at radius 2 is 1.74 bits per heavy atom. The molecule has 0 spiro atoms. The van der Waals surface area contributed by atoms with E-state index in [0.29, 0.717) is 35.2 Å². The Hall–Kier alpha value is -4.17. The van der Waals surface area contributed by atoms with Gasteiger partial charge in [-0.15, -0.1) is 11.3 Å². The Labute approximate surface area is 223 Å². The number of carbonyl (C=O) groups excluding carboxylic acids is 2. The van der Waals surface area contributed by atoms with Gasteiger partial charge in [-0.1, -0.05) is 18.2 Å². The number of ketones is 1. The summed E-state index contributed by atoms with van der Waals surface area (Å²) in [7, 11) is 0. The molecule has 2 heterocycles. The number of ether oxygens (including phenoxy) is 3. The van der Waals surface area contributed by atoms with Gasteiger partial charge in [-0.2, -0.15) is 0 Å². The van der Waals surface area contributed by atoms with Crippen LogP contribution in [0.4, 0.5) is 0 Å². The molecule has 0 atom stereocenters. The van der Waals surface area contributed by atoms with Gasteiger partial charge in [0.2, 0.25) is 0 Å². The van der Waals surface area contributed by atoms with Crippen LogP contribution in [-0.4, -0.2) is 48.6 Å². The molecule has 0 fully saturated rings. The van der Waals surface area contributed by atoms with E-state index in [0.717, 1.165) is 9.40 Å². The summed E-state index contributed by atoms with van der Waals surface area (Å²) in [6, 6.07) is 19.5. The Kier molecular flexibility index (Phi) is 7.15. The van der Waals surface area contributed by atoms with Crippen LogP contribution >= 0.6 is 11.3 Å². The van der Waals surface area contributed by atoms with Crippen LogP contribution in [0.3, 0.4) is 0 Å². The van der Waals surface area contributed by atoms with Gasteiger partial charge in [0.05, 0.1) is 29.3 Å². The highest BCUT2D eigenvalue weighted by atomic mass is 32.1. The van der Waals surface area contributed by atoms with E-state index in [-0.39, 0.29) is 30.0 Å². The number of hydrogen-bond acceptors (Lipinski definition) is 8. The quantitative estimate of drug-likeness (QED) is 0.131. The topological polar surface area (TPSA) is 82.1 Å². The average Bonchev–Trinajstić information content (AvgIpc) is 2.95. The molecule has 0 saturated carbocycles. The lowest BCUT2D eigenvalue weighted by atomic mass is 9.91. The zero-order valence-corrected chi connectivity index (χ0v) is 22.0. The second-order valence-corrected chi connectivity index (χ2v) is 10.4. The molecule has 3 aromatic carbocycles. The Morgan fingerprint density at radius 1 is 0.974 bits per heavy atom. The van der Waals surface area contributed by atoms with Crippen LogP contribution in [0.1, 0.15) is 34.6 Å². The number of nitrogens with zero attached hydrogens (tertiary/aromatic N) is 1. The first-order valence-corrected chi connectivity index (χ1v) is 13.1. The highest BCUT2D eigenvalue weighted by Gasteiger charge is 2.34. The molecule has 1 aliphatic rings. The second kappa shape index (κ2) is 10.7. The summed E-state index contributed by atoms with van der Waals surface area (Å²) in [6.45, 7) is 5.10. The van der Waals surface area contributed by atoms with Gasteiger partial charge in [-0.25, -0.2) is 4.79 Å². The molecule has 0 radical (unpaired) electrons. The van der Waals surface area contributed by atoms with E-state index in [9.17, 15) is 14.4 Å². The molecule has 5 rings (SSSR count). The maximum Gasteiger partial charge on any atom is 0.339 e. The minimum absolute atomic E-state index is 0.00828. The van der Waals surface area contributed by atoms with Gasteiger partial charge in [0, 0.05) is 26.5 Å². The van der Waals surface area contributed by atoms with E-state index in [1.54, 1.807) is 54.9 Å². The van der Waals surface area contributed by atoms with Crippen LogP contribution in [-0.2, 0) is 9.47 Å². The zero-order valence-electron chi connectivity index (χ0n) is 21.1. The normalized spacial score (nSPS) is 13.4. The molecule has 0 amide bonds. The van der Waals surface area contributed by atoms with Crippen molar-refractivity contribution in [1.82, 2.24) is 4.90 Å². The van der Waals surface area contributed by atoms with Crippen LogP contribution in [0, 0.1) is 0 Å². The van der Waals surface area contributed by atoms with Crippen LogP contribution in [0.25, 0.3) is 20.2 Å². The minimum atomic E-state index is -0.713. The molecule has 194 valence electrons. The van der Waals surface area contributed by atoms with Gasteiger partial charge in [0.15, 0.2) is 11.2 Å². The van der Waals surface area contributed by atoms with Crippen LogP contribution in [0.15, 0.2) is 84.0 Å². The van der Waals surface area contributed by atoms with Crippen molar-refractivity contribution < 1.29 is 23.8 Å². The van der Waals surface area contributed by atoms with E-state index >= 15 is 0 Å². The second-order valence-electron chi connectivity index (χ2n) is 9.35. The highest BCUT2D eigenvalue weighted by Crippen LogP contribution is 2.27. The zero-order chi connectivity index (χ0) is 26.7. The van der Waals surface area contributed by atoms with Gasteiger partial charge in [0.1, 0.15) is 25.6 Å². The van der Waals surface area contributed by atoms with Gasteiger partial charge in [0.25, 0.3) is 0 Å². The van der Waals surface area contributed by atoms with E-state index in [2.05, 4.69) is 0 Å². The lowest BCUT2D eigenvalue weighted by Gasteiger charge is -2.37. The van der Waals surface area contributed by atoms with Crippen molar-refractivity contribution in [2.75, 3.05) is 26.4 Å². The first kappa shape index (κ1) is 25.5. The summed E-state index contributed by atoms with van der Waals surface area (Å²) in [6.07, 6.45) is 3.39. The van der Waals surface area contributed by atoms with Crippen molar-refractivity contribution in [2.45, 2.75) is 19.4 Å². The molecule has 0 N–H and O–H groups in total. The van der Waals surface area contributed by atoms with E-state index in [1.165, 1.54) is 11.3 Å². The molecular formula is C30H27NO6S. The summed E-state index contributed by atoms with van der Waals surface area (Å²) in [5.74, 6) is -0.0212. The fourth-order valence-corrected chi connectivity index (χ4v) is 5.56. The largest absolute Gasteiger partial charge is 0.498 e. The molecule has 0 saturated heterocycles. The third-order valence-electron chi connectivity index (χ3n) is 6.59. The first-order chi connectivity index (χ1) is 18.4. The standard InChI is InChI=1S/C30H27NO6S/c1-30(2,31-14-16-35-17-15-31)28(33)20-10-12-21(13-11-20)36-18-19-37-29(34)23-7-5-9-25-26(23)27(32)22-6-3-4-8-24(22)38-25/h3-14,16H,15,17-19H2,1-2H3. The SMILES string of the molecule is CC(C)(C(=O)c1ccc(OCCOC(=O)c2cccc3sc4ccccc4c(=O)c23)cc1)N1C=COCC1. The van der Waals surface area contributed by atoms with Crippen LogP contribution < -0.4 is 10.2 Å². The van der Waals surface area contributed by atoms with E-state index in [4.69, 9.17) is 14.2 Å². The summed E-state index contributed by atoms with van der Waals surface area (Å²) < 4.78 is 18.0. The number of fused-ring (bicyclic) bond motifs is 2. The van der Waals surface area contributed by atoms with Gasteiger partial charge in [-0.05, 0) is 62.4 Å². The smallest absolute Gasteiger partial charge is 0.339 e. The monoisotopic (exact) mass is 529 g/mol. The predicted molar refractivity (Wildman–Crippen MR) is 148 cm³/mol. The Bertz CT molecular complexity index is 1590. The Balaban J connectivity index is 1.20. The molecule has 0 unspecified atom stereocenters. The minimum Gasteiger partial charge on any atom is -0.498 e. The number of hydrogen-bond donors (Lipinski definition) is 0. The molecule has 7 nitrogen and oxygen atoms in total. The molecule has 1 aliphatic heterocycles. The van der Waals surface area contributed by atoms with Crippen molar-refractivity contribution in [2.24, 2.45) is 0 Å². The van der Waals surface area contributed by atoms with Crippen molar-refractivity contribution >= 4 is 43.3 Å². The lowest BCUT2D eigenvalue weighted by molar-refractivity contribution is 0.0452. The maximum atomic E-state index is 13.1. The van der Waals surface area contributed by atoms with Crippen LogP contribution in [0.5, 0.6) is 5.75 Å². The molecule has 38 heavy (non-hydrogen) atoms. The van der Waals surface area contributed by atoms with Crippen molar-refractivity contribution in [3.8, 4) is 5.75 Å². The summed E-state index contributed by atoms with van der Waals surface area (Å²) in [4.78, 5) is 41.0. The molecule has 0 bridgehead atoms. The highest BCUT2D eigenvalue weighted by molar-refractivity contribution is 7.24. The van der Waals surface area contributed by atoms with Crippen molar-refractivity contribution in [3.05, 3.63) is 101 Å². The van der Waals surface area contributed by atoms with Gasteiger partial charge >= 0.3 is 5.97 Å². The predicted octanol–water partition coefficient (Wildman–Crippen LogP) is 5.42. The summed E-state index contributed by atoms with van der Waals surface area (Å²) in [5.41, 5.74) is -0.0718. The van der Waals surface area contributed by atoms with E-state index < -0.39 is 11.5 Å². The average molecular weight is 530 g/mol. The molecule has 0 aliphatic carbocycles. The van der Waals surface area contributed by atoms with E-state index in [1.807, 2.05) is 43.0 Å². The summed E-state index contributed by atoms with van der Waals surface area (Å²) >= 11 is 1.47. The van der Waals surface area contributed by atoms with Crippen LogP contribution in [0.2, 0.25) is 0 Å². The molecule has 8 heteroatoms. The lowest BCUT2D eigenvalue weighted by Crippen LogP contribution is -2.49. The summed E-state index contributed by atoms with van der Waals surface area (Å²) in [5, 5.41) is 0.957. The Morgan fingerprint density at radius 3 is 2.50 bits per heavy atom. The number of benzene rings is 3. The molecular weight excluding hydrogens is 502 g/mol. The van der Waals surface area contributed by atoms with Gasteiger partial charge in [-0.3, -0.25) is 9.59 Å². The number of carbonyl (C=O) groups is 2. The third-order valence-corrected chi connectivity index (χ3v) is 7.72. The number of esters is 1. The maximum absolute atomic E-state index is 13.1. The van der Waals surface area contributed by atoms with Crippen molar-refractivity contribution in [1.29, 1.82) is 0 Å². The fourth-order valence-electron chi connectivity index (χ4n) is 4.45. The molecule has 4 aromatic rings. The first-order valence-electron chi connectivity index (χ1n) is 12.3. The molecule has 1 aromatic heterocycles.